The lowest BCUT2D eigenvalue weighted by Crippen LogP contribution is -1.95. The van der Waals surface area contributed by atoms with Gasteiger partial charge in [0.1, 0.15) is 0 Å². The summed E-state index contributed by atoms with van der Waals surface area (Å²) in [4.78, 5) is 11.5. The molecule has 0 bridgehead atoms. The van der Waals surface area contributed by atoms with E-state index < -0.39 is 0 Å². The highest BCUT2D eigenvalue weighted by Crippen LogP contribution is 2.31. The lowest BCUT2D eigenvalue weighted by molar-refractivity contribution is 0.101. The van der Waals surface area contributed by atoms with E-state index in [-0.39, 0.29) is 5.78 Å². The quantitative estimate of drug-likeness (QED) is 0.460. The van der Waals surface area contributed by atoms with Crippen LogP contribution in [0.4, 0.5) is 0 Å². The fourth-order valence-electron chi connectivity index (χ4n) is 3.03. The van der Waals surface area contributed by atoms with Crippen molar-refractivity contribution in [3.05, 3.63) is 70.8 Å². The van der Waals surface area contributed by atoms with Crippen LogP contribution in [-0.4, -0.2) is 5.78 Å². The lowest BCUT2D eigenvalue weighted by Gasteiger charge is -2.15. The van der Waals surface area contributed by atoms with E-state index in [0.717, 1.165) is 24.8 Å². The number of carbonyl (C=O) groups excluding carboxylic acids is 1. The van der Waals surface area contributed by atoms with Crippen LogP contribution in [0.1, 0.15) is 67.6 Å². The van der Waals surface area contributed by atoms with Crippen molar-refractivity contribution in [2.24, 2.45) is 0 Å². The predicted molar refractivity (Wildman–Crippen MR) is 99.7 cm³/mol. The van der Waals surface area contributed by atoms with Crippen LogP contribution in [0.3, 0.4) is 0 Å². The van der Waals surface area contributed by atoms with E-state index in [1.54, 1.807) is 6.92 Å². The highest BCUT2D eigenvalue weighted by atomic mass is 16.1. The van der Waals surface area contributed by atoms with Gasteiger partial charge in [-0.25, -0.2) is 0 Å². The molecule has 0 aromatic heterocycles. The van der Waals surface area contributed by atoms with Crippen molar-refractivity contribution >= 4 is 16.9 Å². The van der Waals surface area contributed by atoms with E-state index in [4.69, 9.17) is 0 Å². The zero-order valence-corrected chi connectivity index (χ0v) is 14.6. The van der Waals surface area contributed by atoms with Crippen LogP contribution in [0.2, 0.25) is 0 Å². The summed E-state index contributed by atoms with van der Waals surface area (Å²) >= 11 is 0. The zero-order chi connectivity index (χ0) is 16.8. The van der Waals surface area contributed by atoms with Crippen LogP contribution < -0.4 is 0 Å². The maximum atomic E-state index is 11.5. The minimum Gasteiger partial charge on any atom is -0.295 e. The molecule has 0 saturated carbocycles. The molecule has 0 amide bonds. The summed E-state index contributed by atoms with van der Waals surface area (Å²) < 4.78 is 0. The molecule has 0 aliphatic rings. The van der Waals surface area contributed by atoms with Crippen molar-refractivity contribution in [2.45, 2.75) is 47.0 Å². The van der Waals surface area contributed by atoms with Gasteiger partial charge >= 0.3 is 0 Å². The standard InChI is InChI=1S/C22H26O/c1-5-17-8-10-19(11-9-17)21(6-2)22(7-3)20-14-12-18(13-15-20)16(4)23/h8-15H,5-7H2,1-4H3/b22-21+. The molecule has 0 saturated heterocycles. The van der Waals surface area contributed by atoms with Gasteiger partial charge in [-0.1, -0.05) is 69.3 Å². The van der Waals surface area contributed by atoms with E-state index in [1.807, 2.05) is 12.1 Å². The summed E-state index contributed by atoms with van der Waals surface area (Å²) in [5.41, 5.74) is 7.42. The minimum atomic E-state index is 0.115. The Bertz CT molecular complexity index is 688. The molecule has 0 spiro atoms. The van der Waals surface area contributed by atoms with Crippen molar-refractivity contribution in [2.75, 3.05) is 0 Å². The molecule has 0 unspecified atom stereocenters. The Morgan fingerprint density at radius 2 is 1.09 bits per heavy atom. The Labute approximate surface area is 140 Å². The number of allylic oxidation sites excluding steroid dienone is 2. The number of ketones is 1. The molecule has 2 aromatic carbocycles. The Kier molecular flexibility index (Phi) is 5.92. The van der Waals surface area contributed by atoms with Crippen molar-refractivity contribution in [1.29, 1.82) is 0 Å². The number of hydrogen-bond donors (Lipinski definition) is 0. The van der Waals surface area contributed by atoms with Gasteiger partial charge < -0.3 is 0 Å². The van der Waals surface area contributed by atoms with Gasteiger partial charge in [-0.2, -0.15) is 0 Å². The molecule has 2 rings (SSSR count). The first-order valence-electron chi connectivity index (χ1n) is 8.53. The van der Waals surface area contributed by atoms with Gasteiger partial charge in [-0.15, -0.1) is 0 Å². The van der Waals surface area contributed by atoms with Crippen LogP contribution in [0, 0.1) is 0 Å². The molecule has 1 nitrogen and oxygen atoms in total. The number of carbonyl (C=O) groups is 1. The SMILES string of the molecule is CC/C(=C(/CC)c1ccc(C(C)=O)cc1)c1ccc(CC)cc1. The average Bonchev–Trinajstić information content (AvgIpc) is 2.60. The summed E-state index contributed by atoms with van der Waals surface area (Å²) in [6.07, 6.45) is 3.06. The topological polar surface area (TPSA) is 17.1 Å². The summed E-state index contributed by atoms with van der Waals surface area (Å²) in [6.45, 7) is 8.20. The van der Waals surface area contributed by atoms with Gasteiger partial charge in [0.05, 0.1) is 0 Å². The molecule has 2 aromatic rings. The minimum absolute atomic E-state index is 0.115. The summed E-state index contributed by atoms with van der Waals surface area (Å²) in [5.74, 6) is 0.115. The second-order valence-electron chi connectivity index (χ2n) is 5.85. The third kappa shape index (κ3) is 3.98. The third-order valence-electron chi connectivity index (χ3n) is 4.42. The summed E-state index contributed by atoms with van der Waals surface area (Å²) in [7, 11) is 0. The first-order valence-corrected chi connectivity index (χ1v) is 8.53. The van der Waals surface area contributed by atoms with E-state index in [2.05, 4.69) is 57.2 Å². The normalized spacial score (nSPS) is 12.0. The highest BCUT2D eigenvalue weighted by molar-refractivity contribution is 5.95. The smallest absolute Gasteiger partial charge is 0.159 e. The van der Waals surface area contributed by atoms with Gasteiger partial charge in [-0.05, 0) is 54.0 Å². The Morgan fingerprint density at radius 3 is 1.43 bits per heavy atom. The van der Waals surface area contributed by atoms with Gasteiger partial charge in [0.15, 0.2) is 5.78 Å². The van der Waals surface area contributed by atoms with Gasteiger partial charge in [-0.3, -0.25) is 4.79 Å². The number of aryl methyl sites for hydroxylation is 1. The van der Waals surface area contributed by atoms with E-state index in [0.29, 0.717) is 0 Å². The lowest BCUT2D eigenvalue weighted by atomic mass is 9.90. The largest absolute Gasteiger partial charge is 0.295 e. The van der Waals surface area contributed by atoms with Crippen LogP contribution in [0.25, 0.3) is 11.1 Å². The van der Waals surface area contributed by atoms with Crippen molar-refractivity contribution in [1.82, 2.24) is 0 Å². The summed E-state index contributed by atoms with van der Waals surface area (Å²) in [6, 6.07) is 16.9. The molecule has 1 heteroatoms. The fourth-order valence-corrected chi connectivity index (χ4v) is 3.03. The molecule has 120 valence electrons. The maximum absolute atomic E-state index is 11.5. The Balaban J connectivity index is 2.47. The molecule has 0 fully saturated rings. The van der Waals surface area contributed by atoms with E-state index >= 15 is 0 Å². The van der Waals surface area contributed by atoms with E-state index in [9.17, 15) is 4.79 Å². The van der Waals surface area contributed by atoms with Crippen molar-refractivity contribution in [3.63, 3.8) is 0 Å². The van der Waals surface area contributed by atoms with Gasteiger partial charge in [0.2, 0.25) is 0 Å². The molecule has 0 aliphatic heterocycles. The van der Waals surface area contributed by atoms with Crippen LogP contribution in [0.15, 0.2) is 48.5 Å². The van der Waals surface area contributed by atoms with Gasteiger partial charge in [0.25, 0.3) is 0 Å². The average molecular weight is 306 g/mol. The van der Waals surface area contributed by atoms with Crippen molar-refractivity contribution < 1.29 is 4.79 Å². The number of hydrogen-bond acceptors (Lipinski definition) is 1. The molecular formula is C22H26O. The molecule has 0 atom stereocenters. The second kappa shape index (κ2) is 7.92. The summed E-state index contributed by atoms with van der Waals surface area (Å²) in [5, 5.41) is 0. The molecule has 0 radical (unpaired) electrons. The maximum Gasteiger partial charge on any atom is 0.159 e. The molecule has 23 heavy (non-hydrogen) atoms. The Hall–Kier alpha value is -2.15. The molecular weight excluding hydrogens is 280 g/mol. The second-order valence-corrected chi connectivity index (χ2v) is 5.85. The fraction of sp³-hybridized carbons (Fsp3) is 0.318. The van der Waals surface area contributed by atoms with E-state index in [1.165, 1.54) is 27.8 Å². The first kappa shape index (κ1) is 17.2. The van der Waals surface area contributed by atoms with Crippen LogP contribution in [0.5, 0.6) is 0 Å². The monoisotopic (exact) mass is 306 g/mol. The number of rotatable bonds is 6. The first-order chi connectivity index (χ1) is 11.1. The molecule has 0 N–H and O–H groups in total. The van der Waals surface area contributed by atoms with Gasteiger partial charge in [0, 0.05) is 5.56 Å². The zero-order valence-electron chi connectivity index (χ0n) is 14.6. The number of benzene rings is 2. The highest BCUT2D eigenvalue weighted by Gasteiger charge is 2.09. The van der Waals surface area contributed by atoms with Crippen molar-refractivity contribution in [3.8, 4) is 0 Å². The number of Topliss-reactive ketones (excluding diaryl/α,β-unsaturated/α-hetero) is 1. The molecule has 0 aliphatic carbocycles. The Morgan fingerprint density at radius 1 is 0.696 bits per heavy atom. The third-order valence-corrected chi connectivity index (χ3v) is 4.42. The molecule has 0 heterocycles. The predicted octanol–water partition coefficient (Wildman–Crippen LogP) is 6.18. The van der Waals surface area contributed by atoms with Crippen LogP contribution >= 0.6 is 0 Å². The van der Waals surface area contributed by atoms with Crippen LogP contribution in [-0.2, 0) is 6.42 Å².